The Morgan fingerprint density at radius 1 is 0.377 bits per heavy atom. The van der Waals surface area contributed by atoms with Gasteiger partial charge in [0.05, 0.1) is 5.69 Å². The summed E-state index contributed by atoms with van der Waals surface area (Å²) in [6.45, 7) is 9.49. The highest BCUT2D eigenvalue weighted by atomic mass is 32.1. The van der Waals surface area contributed by atoms with E-state index >= 15 is 0 Å². The third-order valence-electron chi connectivity index (χ3n) is 15.5. The maximum Gasteiger partial charge on any atom is 0.143 e. The topological polar surface area (TPSA) is 16.4 Å². The van der Waals surface area contributed by atoms with Gasteiger partial charge in [0.25, 0.3) is 0 Å². The number of fused-ring (bicyclic) bond motifs is 12. The summed E-state index contributed by atoms with van der Waals surface area (Å²) in [5, 5.41) is 4.95. The van der Waals surface area contributed by atoms with Crippen LogP contribution >= 0.6 is 11.3 Å². The van der Waals surface area contributed by atoms with Gasteiger partial charge < -0.3 is 9.32 Å². The lowest BCUT2D eigenvalue weighted by Crippen LogP contribution is -2.20. The number of hydrogen-bond donors (Lipinski definition) is 0. The SMILES string of the molecule is CC1(C)c2ccc(-c3ccc(N(c4ccc(-c5cccc6c5sc5ccccc56)cc4)c4cccc5c4C(C)(C)c4ccccc4-5)cc3)cc2-c2ccc(-c3cccc4c3oc3ccccc34)cc21. The summed E-state index contributed by atoms with van der Waals surface area (Å²) in [6, 6.07) is 78.7. The Balaban J connectivity index is 0.851. The summed E-state index contributed by atoms with van der Waals surface area (Å²) in [7, 11) is 0. The molecule has 14 rings (SSSR count). The fourth-order valence-corrected chi connectivity index (χ4v) is 13.3. The molecule has 2 aromatic heterocycles. The second-order valence-electron chi connectivity index (χ2n) is 20.0. The van der Waals surface area contributed by atoms with Crippen LogP contribution in [0.15, 0.2) is 217 Å². The van der Waals surface area contributed by atoms with Crippen molar-refractivity contribution in [3.05, 3.63) is 235 Å². The number of nitrogens with zero attached hydrogens (tertiary/aromatic N) is 1. The van der Waals surface area contributed by atoms with Crippen LogP contribution in [0.4, 0.5) is 17.1 Å². The van der Waals surface area contributed by atoms with Gasteiger partial charge >= 0.3 is 0 Å². The van der Waals surface area contributed by atoms with E-state index in [2.05, 4.69) is 239 Å². The molecule has 0 spiro atoms. The molecule has 0 unspecified atom stereocenters. The zero-order valence-corrected chi connectivity index (χ0v) is 39.8. The van der Waals surface area contributed by atoms with Gasteiger partial charge in [-0.3, -0.25) is 0 Å². The molecular formula is C66H47NOS. The molecule has 0 atom stereocenters. The standard InChI is InChI=1S/C66H47NOS/c1-65(2)57-37-31-42(38-55(57)49-36-30-43(39-58(49)65)46-17-11-20-53-50-15-6-9-24-60(50)68-63(46)53)40-26-32-44(33-27-40)67(59-23-13-19-52-48-14-5-8-22-56(48)66(3,4)62(52)59)45-34-28-41(29-35-45)47-18-12-21-54-51-16-7-10-25-61(51)69-64(47)54/h5-39H,1-4H3. The van der Waals surface area contributed by atoms with Crippen LogP contribution in [0.5, 0.6) is 0 Å². The second-order valence-corrected chi connectivity index (χ2v) is 21.1. The van der Waals surface area contributed by atoms with E-state index in [-0.39, 0.29) is 10.8 Å². The largest absolute Gasteiger partial charge is 0.455 e. The highest BCUT2D eigenvalue weighted by molar-refractivity contribution is 7.26. The van der Waals surface area contributed by atoms with E-state index in [0.717, 1.165) is 38.9 Å². The number of thiophene rings is 1. The third kappa shape index (κ3) is 5.90. The average Bonchev–Trinajstić information content (AvgIpc) is 4.10. The van der Waals surface area contributed by atoms with Gasteiger partial charge in [-0.1, -0.05) is 185 Å². The summed E-state index contributed by atoms with van der Waals surface area (Å²) in [5.74, 6) is 0. The molecule has 2 aliphatic carbocycles. The van der Waals surface area contributed by atoms with Crippen LogP contribution in [0.2, 0.25) is 0 Å². The summed E-state index contributed by atoms with van der Waals surface area (Å²) in [5.41, 5.74) is 22.8. The normalized spacial score (nSPS) is 14.0. The first-order valence-electron chi connectivity index (χ1n) is 24.1. The van der Waals surface area contributed by atoms with Crippen LogP contribution in [0.1, 0.15) is 49.9 Å². The van der Waals surface area contributed by atoms with Crippen LogP contribution in [0.25, 0.3) is 97.7 Å². The molecule has 0 fully saturated rings. The van der Waals surface area contributed by atoms with Crippen LogP contribution in [0, 0.1) is 0 Å². The van der Waals surface area contributed by atoms with Gasteiger partial charge in [0.2, 0.25) is 0 Å². The van der Waals surface area contributed by atoms with E-state index < -0.39 is 0 Å². The van der Waals surface area contributed by atoms with Crippen LogP contribution < -0.4 is 4.90 Å². The number of hydrogen-bond acceptors (Lipinski definition) is 3. The highest BCUT2D eigenvalue weighted by Gasteiger charge is 2.39. The zero-order chi connectivity index (χ0) is 46.2. The number of para-hydroxylation sites is 2. The Kier molecular flexibility index (Phi) is 8.58. The van der Waals surface area contributed by atoms with Crippen LogP contribution in [-0.4, -0.2) is 0 Å². The molecule has 69 heavy (non-hydrogen) atoms. The molecule has 0 saturated carbocycles. The first kappa shape index (κ1) is 40.1. The van der Waals surface area contributed by atoms with E-state index in [4.69, 9.17) is 4.42 Å². The number of rotatable bonds is 6. The molecule has 2 heterocycles. The first-order valence-corrected chi connectivity index (χ1v) is 24.9. The smallest absolute Gasteiger partial charge is 0.143 e. The lowest BCUT2D eigenvalue weighted by Gasteiger charge is -2.32. The van der Waals surface area contributed by atoms with Crippen molar-refractivity contribution < 1.29 is 4.42 Å². The van der Waals surface area contributed by atoms with E-state index in [1.165, 1.54) is 98.2 Å². The molecule has 0 amide bonds. The van der Waals surface area contributed by atoms with Crippen molar-refractivity contribution in [2.45, 2.75) is 38.5 Å². The Morgan fingerprint density at radius 3 is 1.80 bits per heavy atom. The molecule has 2 aliphatic rings. The second kappa shape index (κ2) is 14.8. The Bertz CT molecular complexity index is 4070. The Hall–Kier alpha value is -7.98. The van der Waals surface area contributed by atoms with Gasteiger partial charge in [-0.15, -0.1) is 11.3 Å². The quantitative estimate of drug-likeness (QED) is 0.165. The fourth-order valence-electron chi connectivity index (χ4n) is 12.1. The summed E-state index contributed by atoms with van der Waals surface area (Å²) < 4.78 is 9.15. The van der Waals surface area contributed by atoms with Crippen LogP contribution in [0.3, 0.4) is 0 Å². The van der Waals surface area contributed by atoms with E-state index in [1.54, 1.807) is 0 Å². The average molecular weight is 902 g/mol. The molecule has 0 N–H and O–H groups in total. The maximum atomic E-state index is 6.49. The van der Waals surface area contributed by atoms with E-state index in [9.17, 15) is 0 Å². The molecular weight excluding hydrogens is 855 g/mol. The minimum Gasteiger partial charge on any atom is -0.455 e. The predicted molar refractivity (Wildman–Crippen MR) is 293 cm³/mol. The van der Waals surface area contributed by atoms with Gasteiger partial charge in [-0.25, -0.2) is 0 Å². The van der Waals surface area contributed by atoms with Crippen molar-refractivity contribution in [3.8, 4) is 55.6 Å². The summed E-state index contributed by atoms with van der Waals surface area (Å²) in [4.78, 5) is 2.48. The lowest BCUT2D eigenvalue weighted by molar-refractivity contribution is 0.660. The lowest BCUT2D eigenvalue weighted by atomic mass is 9.81. The van der Waals surface area contributed by atoms with Gasteiger partial charge in [-0.2, -0.15) is 0 Å². The third-order valence-corrected chi connectivity index (χ3v) is 16.7. The number of furan rings is 1. The molecule has 3 heteroatoms. The van der Waals surface area contributed by atoms with Gasteiger partial charge in [-0.05, 0) is 127 Å². The summed E-state index contributed by atoms with van der Waals surface area (Å²) >= 11 is 1.88. The molecule has 0 radical (unpaired) electrons. The molecule has 0 aliphatic heterocycles. The van der Waals surface area contributed by atoms with Crippen molar-refractivity contribution in [1.82, 2.24) is 0 Å². The molecule has 10 aromatic carbocycles. The predicted octanol–water partition coefficient (Wildman–Crippen LogP) is 19.0. The van der Waals surface area contributed by atoms with Gasteiger partial charge in [0.1, 0.15) is 11.2 Å². The van der Waals surface area contributed by atoms with E-state index in [0.29, 0.717) is 0 Å². The van der Waals surface area contributed by atoms with Crippen molar-refractivity contribution in [2.75, 3.05) is 4.90 Å². The Morgan fingerprint density at radius 2 is 0.971 bits per heavy atom. The molecule has 328 valence electrons. The van der Waals surface area contributed by atoms with Gasteiger partial charge in [0.15, 0.2) is 0 Å². The number of anilines is 3. The van der Waals surface area contributed by atoms with Crippen LogP contribution in [-0.2, 0) is 10.8 Å². The zero-order valence-electron chi connectivity index (χ0n) is 39.0. The molecule has 2 nitrogen and oxygen atoms in total. The van der Waals surface area contributed by atoms with Crippen molar-refractivity contribution >= 4 is 70.5 Å². The summed E-state index contributed by atoms with van der Waals surface area (Å²) in [6.07, 6.45) is 0. The fraction of sp³-hybridized carbons (Fsp3) is 0.0909. The highest BCUT2D eigenvalue weighted by Crippen LogP contribution is 2.55. The number of benzene rings is 10. The monoisotopic (exact) mass is 901 g/mol. The van der Waals surface area contributed by atoms with Gasteiger partial charge in [0, 0.05) is 58.7 Å². The van der Waals surface area contributed by atoms with Crippen molar-refractivity contribution in [2.24, 2.45) is 0 Å². The first-order chi connectivity index (χ1) is 33.7. The van der Waals surface area contributed by atoms with Crippen molar-refractivity contribution in [1.29, 1.82) is 0 Å². The Labute approximate surface area is 406 Å². The minimum atomic E-state index is -0.187. The molecule has 0 saturated heterocycles. The molecule has 12 aromatic rings. The van der Waals surface area contributed by atoms with E-state index in [1.807, 2.05) is 17.4 Å². The molecule has 0 bridgehead atoms. The van der Waals surface area contributed by atoms with Crippen molar-refractivity contribution in [3.63, 3.8) is 0 Å². The maximum absolute atomic E-state index is 6.49. The minimum absolute atomic E-state index is 0.158.